The molecule has 0 saturated heterocycles. The Morgan fingerprint density at radius 1 is 1.32 bits per heavy atom. The van der Waals surface area contributed by atoms with Crippen molar-refractivity contribution < 1.29 is 9.31 Å². The molecule has 0 aliphatic carbocycles. The first-order chi connectivity index (χ1) is 12.0. The van der Waals surface area contributed by atoms with Gasteiger partial charge in [-0.15, -0.1) is 0 Å². The molecular formula is C17H14BrFN4O2. The molecule has 0 amide bonds. The number of hydrogen-bond acceptors (Lipinski definition) is 4. The van der Waals surface area contributed by atoms with E-state index in [1.165, 1.54) is 18.2 Å². The van der Waals surface area contributed by atoms with Crippen LogP contribution >= 0.6 is 15.9 Å². The van der Waals surface area contributed by atoms with Gasteiger partial charge in [-0.2, -0.15) is 0 Å². The number of nitrogens with one attached hydrogen (secondary N) is 1. The summed E-state index contributed by atoms with van der Waals surface area (Å²) < 4.78 is 16.3. The van der Waals surface area contributed by atoms with E-state index in [-0.39, 0.29) is 18.0 Å². The molecule has 25 heavy (non-hydrogen) atoms. The zero-order chi connectivity index (χ0) is 18.0. The van der Waals surface area contributed by atoms with E-state index in [0.717, 1.165) is 5.69 Å². The minimum atomic E-state index is -0.436. The molecule has 0 atom stereocenters. The van der Waals surface area contributed by atoms with Crippen LogP contribution in [0.1, 0.15) is 5.56 Å². The third kappa shape index (κ3) is 3.53. The fourth-order valence-electron chi connectivity index (χ4n) is 2.49. The lowest BCUT2D eigenvalue weighted by atomic mass is 10.1. The summed E-state index contributed by atoms with van der Waals surface area (Å²) in [5.41, 5.74) is 1.93. The van der Waals surface area contributed by atoms with Crippen LogP contribution in [-0.2, 0) is 13.6 Å². The van der Waals surface area contributed by atoms with Crippen LogP contribution in [0.5, 0.6) is 0 Å². The van der Waals surface area contributed by atoms with Gasteiger partial charge in [0.05, 0.1) is 16.8 Å². The van der Waals surface area contributed by atoms with Crippen molar-refractivity contribution in [2.75, 3.05) is 5.32 Å². The van der Waals surface area contributed by atoms with Gasteiger partial charge in [0.25, 0.3) is 5.69 Å². The van der Waals surface area contributed by atoms with Crippen molar-refractivity contribution in [3.63, 3.8) is 0 Å². The van der Waals surface area contributed by atoms with Gasteiger partial charge in [-0.1, -0.05) is 34.1 Å². The lowest BCUT2D eigenvalue weighted by Gasteiger charge is -2.10. The summed E-state index contributed by atoms with van der Waals surface area (Å²) in [6.07, 6.45) is 1.62. The molecule has 3 aromatic rings. The van der Waals surface area contributed by atoms with Crippen molar-refractivity contribution in [3.05, 3.63) is 74.6 Å². The monoisotopic (exact) mass is 404 g/mol. The third-order valence-corrected chi connectivity index (χ3v) is 4.57. The molecule has 2 aromatic carbocycles. The lowest BCUT2D eigenvalue weighted by molar-refractivity contribution is -0.384. The molecule has 0 spiro atoms. The summed E-state index contributed by atoms with van der Waals surface area (Å²) in [6.45, 7) is 0.256. The van der Waals surface area contributed by atoms with E-state index >= 15 is 0 Å². The molecule has 0 aliphatic heterocycles. The summed E-state index contributed by atoms with van der Waals surface area (Å²) in [7, 11) is 1.79. The summed E-state index contributed by atoms with van der Waals surface area (Å²) in [5, 5.41) is 14.0. The van der Waals surface area contributed by atoms with E-state index in [4.69, 9.17) is 0 Å². The van der Waals surface area contributed by atoms with Gasteiger partial charge < -0.3 is 9.88 Å². The van der Waals surface area contributed by atoms with E-state index in [0.29, 0.717) is 21.5 Å². The largest absolute Gasteiger partial charge is 0.351 e. The standard InChI is InChI=1S/C17H14BrFN4O2/c1-22-16(11-4-2-5-12(8-11)23(24)25)10-21-17(22)20-9-13-14(18)6-3-7-15(13)19/h2-8,10H,9H2,1H3,(H,20,21). The minimum Gasteiger partial charge on any atom is -0.351 e. The molecule has 1 N–H and O–H groups in total. The van der Waals surface area contributed by atoms with Crippen LogP contribution < -0.4 is 5.32 Å². The van der Waals surface area contributed by atoms with E-state index in [1.54, 1.807) is 42.1 Å². The van der Waals surface area contributed by atoms with Crippen molar-refractivity contribution in [2.45, 2.75) is 6.54 Å². The highest BCUT2D eigenvalue weighted by molar-refractivity contribution is 9.10. The number of nitro benzene ring substituents is 1. The Morgan fingerprint density at radius 2 is 2.08 bits per heavy atom. The fraction of sp³-hybridized carbons (Fsp3) is 0.118. The van der Waals surface area contributed by atoms with Crippen molar-refractivity contribution in [1.82, 2.24) is 9.55 Å². The molecule has 3 rings (SSSR count). The molecule has 0 saturated carbocycles. The number of aromatic nitrogens is 2. The van der Waals surface area contributed by atoms with Gasteiger partial charge in [0.15, 0.2) is 0 Å². The van der Waals surface area contributed by atoms with E-state index in [9.17, 15) is 14.5 Å². The van der Waals surface area contributed by atoms with Crippen LogP contribution in [0.3, 0.4) is 0 Å². The number of benzene rings is 2. The van der Waals surface area contributed by atoms with Gasteiger partial charge in [-0.05, 0) is 12.1 Å². The molecular weight excluding hydrogens is 391 g/mol. The van der Waals surface area contributed by atoms with Gasteiger partial charge in [-0.25, -0.2) is 9.37 Å². The highest BCUT2D eigenvalue weighted by atomic mass is 79.9. The molecule has 0 fully saturated rings. The quantitative estimate of drug-likeness (QED) is 0.501. The van der Waals surface area contributed by atoms with Crippen molar-refractivity contribution >= 4 is 27.6 Å². The number of anilines is 1. The molecule has 8 heteroatoms. The number of nitro groups is 1. The smallest absolute Gasteiger partial charge is 0.270 e. The molecule has 0 unspecified atom stereocenters. The Morgan fingerprint density at radius 3 is 2.80 bits per heavy atom. The number of rotatable bonds is 5. The van der Waals surface area contributed by atoms with E-state index < -0.39 is 4.92 Å². The Bertz CT molecular complexity index is 922. The van der Waals surface area contributed by atoms with Crippen molar-refractivity contribution in [3.8, 4) is 11.3 Å². The Kier molecular flexibility index (Phi) is 4.80. The van der Waals surface area contributed by atoms with Crippen LogP contribution in [0.2, 0.25) is 0 Å². The lowest BCUT2D eigenvalue weighted by Crippen LogP contribution is -2.07. The summed E-state index contributed by atoms with van der Waals surface area (Å²) in [4.78, 5) is 14.8. The van der Waals surface area contributed by atoms with Gasteiger partial charge >= 0.3 is 0 Å². The average Bonchev–Trinajstić information content (AvgIpc) is 2.95. The molecule has 0 radical (unpaired) electrons. The minimum absolute atomic E-state index is 0.0171. The third-order valence-electron chi connectivity index (χ3n) is 3.83. The molecule has 1 heterocycles. The topological polar surface area (TPSA) is 73.0 Å². The first kappa shape index (κ1) is 17.1. The molecule has 6 nitrogen and oxygen atoms in total. The second-order valence-corrected chi connectivity index (χ2v) is 6.24. The van der Waals surface area contributed by atoms with Crippen LogP contribution in [0, 0.1) is 15.9 Å². The maximum atomic E-state index is 13.9. The van der Waals surface area contributed by atoms with Crippen molar-refractivity contribution in [1.29, 1.82) is 0 Å². The maximum absolute atomic E-state index is 13.9. The molecule has 0 bridgehead atoms. The van der Waals surface area contributed by atoms with Gasteiger partial charge in [0.2, 0.25) is 5.95 Å². The highest BCUT2D eigenvalue weighted by Gasteiger charge is 2.13. The summed E-state index contributed by atoms with van der Waals surface area (Å²) in [5.74, 6) is 0.228. The fourth-order valence-corrected chi connectivity index (χ4v) is 2.97. The number of nitrogens with zero attached hydrogens (tertiary/aromatic N) is 3. The number of imidazole rings is 1. The number of hydrogen-bond donors (Lipinski definition) is 1. The van der Waals surface area contributed by atoms with Gasteiger partial charge in [0.1, 0.15) is 5.82 Å². The Labute approximate surface area is 151 Å². The predicted octanol–water partition coefficient (Wildman–Crippen LogP) is 4.51. The van der Waals surface area contributed by atoms with Crippen LogP contribution in [0.15, 0.2) is 53.1 Å². The Hall–Kier alpha value is -2.74. The Balaban J connectivity index is 1.84. The second kappa shape index (κ2) is 7.02. The molecule has 0 aliphatic rings. The highest BCUT2D eigenvalue weighted by Crippen LogP contribution is 2.26. The molecule has 128 valence electrons. The maximum Gasteiger partial charge on any atom is 0.270 e. The number of halogens is 2. The van der Waals surface area contributed by atoms with Crippen molar-refractivity contribution in [2.24, 2.45) is 7.05 Å². The van der Waals surface area contributed by atoms with Crippen LogP contribution in [-0.4, -0.2) is 14.5 Å². The second-order valence-electron chi connectivity index (χ2n) is 5.39. The summed E-state index contributed by atoms with van der Waals surface area (Å²) in [6, 6.07) is 11.1. The zero-order valence-corrected chi connectivity index (χ0v) is 14.8. The summed E-state index contributed by atoms with van der Waals surface area (Å²) >= 11 is 3.33. The predicted molar refractivity (Wildman–Crippen MR) is 96.7 cm³/mol. The van der Waals surface area contributed by atoms with Gasteiger partial charge in [-0.3, -0.25) is 10.1 Å². The van der Waals surface area contributed by atoms with Gasteiger partial charge in [0, 0.05) is 41.3 Å². The van der Waals surface area contributed by atoms with Crippen LogP contribution in [0.25, 0.3) is 11.3 Å². The first-order valence-electron chi connectivity index (χ1n) is 7.40. The SMILES string of the molecule is Cn1c(-c2cccc([N+](=O)[O-])c2)cnc1NCc1c(F)cccc1Br. The zero-order valence-electron chi connectivity index (χ0n) is 13.2. The van der Waals surface area contributed by atoms with E-state index in [2.05, 4.69) is 26.2 Å². The molecule has 1 aromatic heterocycles. The average molecular weight is 405 g/mol. The normalized spacial score (nSPS) is 10.7. The van der Waals surface area contributed by atoms with E-state index in [1.807, 2.05) is 0 Å². The van der Waals surface area contributed by atoms with Crippen LogP contribution in [0.4, 0.5) is 16.0 Å². The first-order valence-corrected chi connectivity index (χ1v) is 8.20. The number of non-ortho nitro benzene ring substituents is 1.